The van der Waals surface area contributed by atoms with Gasteiger partial charge in [0.1, 0.15) is 18.3 Å². The van der Waals surface area contributed by atoms with E-state index in [1.807, 2.05) is 0 Å². The number of hydrogen-bond donors (Lipinski definition) is 4. The normalized spacial score (nSPS) is 30.3. The highest BCUT2D eigenvalue weighted by Crippen LogP contribution is 2.24. The van der Waals surface area contributed by atoms with Gasteiger partial charge in [0.15, 0.2) is 12.4 Å². The van der Waals surface area contributed by atoms with Gasteiger partial charge in [-0.15, -0.1) is 0 Å². The Morgan fingerprint density at radius 3 is 2.00 bits per heavy atom. The van der Waals surface area contributed by atoms with Crippen LogP contribution >= 0.6 is 0 Å². The summed E-state index contributed by atoms with van der Waals surface area (Å²) in [7, 11) is 0. The molecule has 0 aliphatic carbocycles. The molecule has 6 atom stereocenters. The zero-order valence-corrected chi connectivity index (χ0v) is 16.0. The van der Waals surface area contributed by atoms with Crippen molar-refractivity contribution in [3.05, 3.63) is 0 Å². The number of aliphatic hydroxyl groups excluding tert-OH is 3. The number of unbranched alkanes of at least 4 members (excludes halogenated alkanes) is 8. The molecule has 7 nitrogen and oxygen atoms in total. The van der Waals surface area contributed by atoms with E-state index in [0.717, 1.165) is 25.7 Å². The number of carboxylic acid groups (broad SMARTS) is 1. The molecule has 0 amide bonds. The van der Waals surface area contributed by atoms with Gasteiger partial charge in [0, 0.05) is 0 Å². The number of aliphatic carboxylic acids is 1. The fourth-order valence-corrected chi connectivity index (χ4v) is 3.18. The minimum atomic E-state index is -1.48. The Bertz CT molecular complexity index is 390. The number of aliphatic hydroxyl groups is 3. The zero-order chi connectivity index (χ0) is 19.5. The molecule has 7 heteroatoms. The van der Waals surface area contributed by atoms with Crippen molar-refractivity contribution < 1.29 is 34.7 Å². The Balaban J connectivity index is 2.28. The van der Waals surface area contributed by atoms with Crippen molar-refractivity contribution in [3.63, 3.8) is 0 Å². The van der Waals surface area contributed by atoms with Gasteiger partial charge in [-0.25, -0.2) is 4.79 Å². The minimum Gasteiger partial charge on any atom is -0.479 e. The first kappa shape index (κ1) is 23.3. The van der Waals surface area contributed by atoms with E-state index in [-0.39, 0.29) is 0 Å². The lowest BCUT2D eigenvalue weighted by molar-refractivity contribution is -0.303. The summed E-state index contributed by atoms with van der Waals surface area (Å²) in [5.74, 6) is -1.12. The molecule has 0 aromatic rings. The summed E-state index contributed by atoms with van der Waals surface area (Å²) in [6.07, 6.45) is 3.26. The van der Waals surface area contributed by atoms with Crippen LogP contribution in [0, 0.1) is 0 Å². The third-order valence-corrected chi connectivity index (χ3v) is 4.95. The Kier molecular flexibility index (Phi) is 11.3. The van der Waals surface area contributed by atoms with Crippen LogP contribution in [-0.2, 0) is 14.3 Å². The first-order chi connectivity index (χ1) is 12.4. The molecular formula is C19H36O7. The molecule has 0 saturated carbocycles. The maximum absolute atomic E-state index is 11.4. The zero-order valence-electron chi connectivity index (χ0n) is 16.0. The summed E-state index contributed by atoms with van der Waals surface area (Å²) in [6, 6.07) is 0. The minimum absolute atomic E-state index is 0.324. The molecular weight excluding hydrogens is 340 g/mol. The molecule has 1 aliphatic heterocycles. The van der Waals surface area contributed by atoms with Crippen LogP contribution in [0.2, 0.25) is 0 Å². The molecule has 2 unspecified atom stereocenters. The van der Waals surface area contributed by atoms with Crippen LogP contribution in [0.1, 0.15) is 78.1 Å². The summed E-state index contributed by atoms with van der Waals surface area (Å²) in [6.45, 7) is 3.73. The number of hydrogen-bond acceptors (Lipinski definition) is 6. The SMILES string of the molecule is CCCCCCCCCCCC(OC1O[C@@H](C)[C@H](O)[C@@H](O)[C@H]1O)C(=O)O. The van der Waals surface area contributed by atoms with E-state index in [1.54, 1.807) is 0 Å². The lowest BCUT2D eigenvalue weighted by Gasteiger charge is -2.39. The predicted octanol–water partition coefficient (Wildman–Crippen LogP) is 2.20. The molecule has 0 aromatic heterocycles. The van der Waals surface area contributed by atoms with Gasteiger partial charge in [0.05, 0.1) is 6.10 Å². The van der Waals surface area contributed by atoms with Crippen molar-refractivity contribution in [2.24, 2.45) is 0 Å². The lowest BCUT2D eigenvalue weighted by Crippen LogP contribution is -2.58. The Morgan fingerprint density at radius 2 is 1.46 bits per heavy atom. The van der Waals surface area contributed by atoms with Gasteiger partial charge in [-0.1, -0.05) is 64.7 Å². The third kappa shape index (κ3) is 7.88. The second kappa shape index (κ2) is 12.6. The Morgan fingerprint density at radius 1 is 0.923 bits per heavy atom. The third-order valence-electron chi connectivity index (χ3n) is 4.95. The predicted molar refractivity (Wildman–Crippen MR) is 96.7 cm³/mol. The molecule has 4 N–H and O–H groups in total. The molecule has 154 valence electrons. The van der Waals surface area contributed by atoms with Crippen molar-refractivity contribution in [2.75, 3.05) is 0 Å². The first-order valence-electron chi connectivity index (χ1n) is 9.96. The second-order valence-electron chi connectivity index (χ2n) is 7.26. The van der Waals surface area contributed by atoms with E-state index in [9.17, 15) is 25.2 Å². The highest BCUT2D eigenvalue weighted by Gasteiger charge is 2.43. The summed E-state index contributed by atoms with van der Waals surface area (Å²) in [5, 5.41) is 38.7. The van der Waals surface area contributed by atoms with Crippen molar-refractivity contribution in [1.82, 2.24) is 0 Å². The number of carboxylic acids is 1. The molecule has 0 bridgehead atoms. The van der Waals surface area contributed by atoms with Gasteiger partial charge in [-0.05, 0) is 13.3 Å². The molecule has 1 heterocycles. The molecule has 0 spiro atoms. The summed E-state index contributed by atoms with van der Waals surface area (Å²) in [4.78, 5) is 11.4. The van der Waals surface area contributed by atoms with Gasteiger partial charge < -0.3 is 29.9 Å². The van der Waals surface area contributed by atoms with Gasteiger partial charge in [-0.3, -0.25) is 0 Å². The van der Waals surface area contributed by atoms with Crippen LogP contribution in [0.4, 0.5) is 0 Å². The van der Waals surface area contributed by atoms with E-state index in [4.69, 9.17) is 9.47 Å². The highest BCUT2D eigenvalue weighted by molar-refractivity contribution is 5.72. The molecule has 1 fully saturated rings. The van der Waals surface area contributed by atoms with Crippen LogP contribution < -0.4 is 0 Å². The van der Waals surface area contributed by atoms with Crippen LogP contribution in [0.15, 0.2) is 0 Å². The summed E-state index contributed by atoms with van der Waals surface area (Å²) >= 11 is 0. The molecule has 1 rings (SSSR count). The summed E-state index contributed by atoms with van der Waals surface area (Å²) in [5.41, 5.74) is 0. The van der Waals surface area contributed by atoms with Crippen molar-refractivity contribution in [2.45, 2.75) is 115 Å². The van der Waals surface area contributed by atoms with Crippen LogP contribution in [0.5, 0.6) is 0 Å². The quantitative estimate of drug-likeness (QED) is 0.364. The van der Waals surface area contributed by atoms with Crippen LogP contribution in [-0.4, -0.2) is 63.2 Å². The topological polar surface area (TPSA) is 116 Å². The maximum atomic E-state index is 11.4. The average molecular weight is 376 g/mol. The molecule has 1 aliphatic rings. The largest absolute Gasteiger partial charge is 0.479 e. The molecule has 1 saturated heterocycles. The molecule has 0 radical (unpaired) electrons. The van der Waals surface area contributed by atoms with E-state index in [2.05, 4.69) is 6.92 Å². The van der Waals surface area contributed by atoms with E-state index >= 15 is 0 Å². The Labute approximate surface area is 156 Å². The summed E-state index contributed by atoms with van der Waals surface area (Å²) < 4.78 is 10.7. The fourth-order valence-electron chi connectivity index (χ4n) is 3.18. The number of rotatable bonds is 13. The fraction of sp³-hybridized carbons (Fsp3) is 0.947. The molecule has 26 heavy (non-hydrogen) atoms. The van der Waals surface area contributed by atoms with Crippen molar-refractivity contribution in [3.8, 4) is 0 Å². The van der Waals surface area contributed by atoms with Gasteiger partial charge in [-0.2, -0.15) is 0 Å². The van der Waals surface area contributed by atoms with E-state index in [1.165, 1.54) is 39.0 Å². The van der Waals surface area contributed by atoms with E-state index < -0.39 is 42.8 Å². The molecule has 0 aromatic carbocycles. The van der Waals surface area contributed by atoms with Crippen LogP contribution in [0.3, 0.4) is 0 Å². The highest BCUT2D eigenvalue weighted by atomic mass is 16.7. The smallest absolute Gasteiger partial charge is 0.332 e. The standard InChI is InChI=1S/C19H36O7/c1-3-4-5-6-7-8-9-10-11-12-14(18(23)24)26-19-17(22)16(21)15(20)13(2)25-19/h13-17,19-22H,3-12H2,1-2H3,(H,23,24)/t13-,14?,15-,16+,17+,19?/m0/s1. The average Bonchev–Trinajstić information content (AvgIpc) is 2.61. The van der Waals surface area contributed by atoms with Gasteiger partial charge >= 0.3 is 5.97 Å². The Hall–Kier alpha value is -0.730. The monoisotopic (exact) mass is 376 g/mol. The first-order valence-corrected chi connectivity index (χ1v) is 9.96. The lowest BCUT2D eigenvalue weighted by atomic mass is 10.00. The van der Waals surface area contributed by atoms with E-state index in [0.29, 0.717) is 6.42 Å². The second-order valence-corrected chi connectivity index (χ2v) is 7.26. The van der Waals surface area contributed by atoms with Crippen molar-refractivity contribution >= 4 is 5.97 Å². The van der Waals surface area contributed by atoms with Gasteiger partial charge in [0.2, 0.25) is 0 Å². The number of carbonyl (C=O) groups is 1. The van der Waals surface area contributed by atoms with Crippen molar-refractivity contribution in [1.29, 1.82) is 0 Å². The number of ether oxygens (including phenoxy) is 2. The maximum Gasteiger partial charge on any atom is 0.332 e. The van der Waals surface area contributed by atoms with Gasteiger partial charge in [0.25, 0.3) is 0 Å². The van der Waals surface area contributed by atoms with Crippen LogP contribution in [0.25, 0.3) is 0 Å².